The number of benzene rings is 1. The summed E-state index contributed by atoms with van der Waals surface area (Å²) in [5.41, 5.74) is 1.34. The fourth-order valence-corrected chi connectivity index (χ4v) is 3.73. The molecular formula is C20H24N2O2. The van der Waals surface area contributed by atoms with Gasteiger partial charge in [0.25, 0.3) is 5.69 Å². The van der Waals surface area contributed by atoms with Crippen LogP contribution in [-0.4, -0.2) is 16.8 Å². The van der Waals surface area contributed by atoms with Crippen molar-refractivity contribution in [3.63, 3.8) is 0 Å². The number of amides is 1. The van der Waals surface area contributed by atoms with E-state index in [1.165, 1.54) is 6.20 Å². The molecule has 4 nitrogen and oxygen atoms in total. The third kappa shape index (κ3) is 3.28. The molecule has 0 N–H and O–H groups in total. The summed E-state index contributed by atoms with van der Waals surface area (Å²) in [5.74, 6) is -0.186. The van der Waals surface area contributed by atoms with E-state index in [-0.39, 0.29) is 23.1 Å². The fraction of sp³-hybridized carbons (Fsp3) is 0.400. The van der Waals surface area contributed by atoms with Gasteiger partial charge in [0.05, 0.1) is 0 Å². The maximum absolute atomic E-state index is 13.1. The first-order valence-corrected chi connectivity index (χ1v) is 8.52. The van der Waals surface area contributed by atoms with Gasteiger partial charge in [-0.05, 0) is 29.9 Å². The minimum absolute atomic E-state index is 0.0624. The maximum Gasteiger partial charge on any atom is 0.320 e. The summed E-state index contributed by atoms with van der Waals surface area (Å²) in [4.78, 5) is 15.0. The lowest BCUT2D eigenvalue weighted by molar-refractivity contribution is -0.608. The minimum Gasteiger partial charge on any atom is -0.618 e. The molecule has 0 unspecified atom stereocenters. The highest BCUT2D eigenvalue weighted by Gasteiger charge is 2.41. The number of hydrogen-bond donors (Lipinski definition) is 0. The standard InChI is InChI=1S/C20H24N2O2/c1-20(2)13-8-12-18(20)21(15-16-9-4-3-5-10-16)19(23)17-11-6-7-14-22(17)24/h3-7,9-11,14,18H,8,12-13,15H2,1-2H3/t18-/m1/s1. The number of pyridine rings is 1. The number of hydrogen-bond acceptors (Lipinski definition) is 2. The van der Waals surface area contributed by atoms with Crippen LogP contribution in [0.25, 0.3) is 0 Å². The lowest BCUT2D eigenvalue weighted by Gasteiger charge is -2.37. The van der Waals surface area contributed by atoms with E-state index in [0.717, 1.165) is 24.8 Å². The van der Waals surface area contributed by atoms with E-state index in [2.05, 4.69) is 13.8 Å². The van der Waals surface area contributed by atoms with Gasteiger partial charge in [-0.1, -0.05) is 50.6 Å². The van der Waals surface area contributed by atoms with Gasteiger partial charge in [-0.2, -0.15) is 4.73 Å². The normalized spacial score (nSPS) is 19.2. The van der Waals surface area contributed by atoms with Crippen LogP contribution < -0.4 is 4.73 Å². The second kappa shape index (κ2) is 6.63. The van der Waals surface area contributed by atoms with Gasteiger partial charge in [0.2, 0.25) is 0 Å². The Kier molecular flexibility index (Phi) is 4.56. The van der Waals surface area contributed by atoms with Crippen LogP contribution in [0.3, 0.4) is 0 Å². The molecule has 1 aliphatic rings. The molecule has 1 fully saturated rings. The summed E-state index contributed by atoms with van der Waals surface area (Å²) in [6.07, 6.45) is 4.58. The molecule has 0 saturated heterocycles. The first-order chi connectivity index (χ1) is 11.5. The molecular weight excluding hydrogens is 300 g/mol. The minimum atomic E-state index is -0.186. The van der Waals surface area contributed by atoms with Crippen molar-refractivity contribution in [1.82, 2.24) is 4.90 Å². The molecule has 24 heavy (non-hydrogen) atoms. The zero-order chi connectivity index (χ0) is 17.2. The van der Waals surface area contributed by atoms with E-state index in [1.54, 1.807) is 18.2 Å². The largest absolute Gasteiger partial charge is 0.618 e. The van der Waals surface area contributed by atoms with Crippen molar-refractivity contribution < 1.29 is 9.52 Å². The van der Waals surface area contributed by atoms with Gasteiger partial charge in [-0.25, -0.2) is 0 Å². The van der Waals surface area contributed by atoms with Crippen LogP contribution in [0.1, 0.15) is 49.2 Å². The van der Waals surface area contributed by atoms with Gasteiger partial charge < -0.3 is 10.1 Å². The highest BCUT2D eigenvalue weighted by molar-refractivity contribution is 5.91. The van der Waals surface area contributed by atoms with Crippen LogP contribution >= 0.6 is 0 Å². The summed E-state index contributed by atoms with van der Waals surface area (Å²) < 4.78 is 0.669. The van der Waals surface area contributed by atoms with E-state index in [9.17, 15) is 10.0 Å². The Bertz CT molecular complexity index is 713. The van der Waals surface area contributed by atoms with Crippen molar-refractivity contribution in [3.8, 4) is 0 Å². The van der Waals surface area contributed by atoms with Crippen LogP contribution in [0.5, 0.6) is 0 Å². The molecule has 0 bridgehead atoms. The quantitative estimate of drug-likeness (QED) is 0.638. The molecule has 1 atom stereocenters. The smallest absolute Gasteiger partial charge is 0.320 e. The Morgan fingerprint density at radius 1 is 1.21 bits per heavy atom. The summed E-state index contributed by atoms with van der Waals surface area (Å²) in [6.45, 7) is 4.96. The van der Waals surface area contributed by atoms with Gasteiger partial charge in [0, 0.05) is 24.7 Å². The van der Waals surface area contributed by atoms with E-state index < -0.39 is 0 Å². The molecule has 0 aliphatic heterocycles. The van der Waals surface area contributed by atoms with Crippen LogP contribution in [0, 0.1) is 10.6 Å². The maximum atomic E-state index is 13.1. The van der Waals surface area contributed by atoms with E-state index >= 15 is 0 Å². The molecule has 1 saturated carbocycles. The van der Waals surface area contributed by atoms with Crippen molar-refractivity contribution >= 4 is 5.91 Å². The Balaban J connectivity index is 1.95. The molecule has 126 valence electrons. The molecule has 1 aromatic heterocycles. The summed E-state index contributed by atoms with van der Waals surface area (Å²) >= 11 is 0. The Morgan fingerprint density at radius 3 is 2.54 bits per heavy atom. The van der Waals surface area contributed by atoms with Crippen molar-refractivity contribution in [2.24, 2.45) is 5.41 Å². The third-order valence-corrected chi connectivity index (χ3v) is 5.08. The molecule has 4 heteroatoms. The van der Waals surface area contributed by atoms with Crippen LogP contribution in [0.4, 0.5) is 0 Å². The predicted octanol–water partition coefficient (Wildman–Crippen LogP) is 3.54. The topological polar surface area (TPSA) is 47.2 Å². The number of carbonyl (C=O) groups is 1. The van der Waals surface area contributed by atoms with Crippen molar-refractivity contribution in [2.75, 3.05) is 0 Å². The molecule has 1 amide bonds. The van der Waals surface area contributed by atoms with E-state index in [4.69, 9.17) is 0 Å². The van der Waals surface area contributed by atoms with Crippen LogP contribution in [-0.2, 0) is 6.54 Å². The van der Waals surface area contributed by atoms with Gasteiger partial charge in [-0.3, -0.25) is 4.79 Å². The number of carbonyl (C=O) groups excluding carboxylic acids is 1. The van der Waals surface area contributed by atoms with Gasteiger partial charge in [0.1, 0.15) is 0 Å². The second-order valence-corrected chi connectivity index (χ2v) is 7.23. The molecule has 2 aromatic rings. The van der Waals surface area contributed by atoms with Crippen molar-refractivity contribution in [3.05, 3.63) is 71.2 Å². The molecule has 1 heterocycles. The van der Waals surface area contributed by atoms with Gasteiger partial charge in [-0.15, -0.1) is 0 Å². The Morgan fingerprint density at radius 2 is 1.92 bits per heavy atom. The SMILES string of the molecule is CC1(C)CCC[C@H]1N(Cc1ccccc1)C(=O)c1cccc[n+]1[O-]. The summed E-state index contributed by atoms with van der Waals surface area (Å²) in [5, 5.41) is 12.1. The first kappa shape index (κ1) is 16.5. The molecule has 0 radical (unpaired) electrons. The molecule has 3 rings (SSSR count). The molecule has 0 spiro atoms. The van der Waals surface area contributed by atoms with Gasteiger partial charge >= 0.3 is 5.91 Å². The van der Waals surface area contributed by atoms with E-state index in [0.29, 0.717) is 11.3 Å². The van der Waals surface area contributed by atoms with Crippen LogP contribution in [0.15, 0.2) is 54.7 Å². The lowest BCUT2D eigenvalue weighted by atomic mass is 9.86. The first-order valence-electron chi connectivity index (χ1n) is 8.52. The predicted molar refractivity (Wildman–Crippen MR) is 93.1 cm³/mol. The highest BCUT2D eigenvalue weighted by atomic mass is 16.5. The average molecular weight is 324 g/mol. The Labute approximate surface area is 143 Å². The van der Waals surface area contributed by atoms with Gasteiger partial charge in [0.15, 0.2) is 6.20 Å². The Hall–Kier alpha value is -2.36. The highest BCUT2D eigenvalue weighted by Crippen LogP contribution is 2.41. The zero-order valence-electron chi connectivity index (χ0n) is 14.3. The van der Waals surface area contributed by atoms with Crippen molar-refractivity contribution in [2.45, 2.75) is 45.7 Å². The average Bonchev–Trinajstić information content (AvgIpc) is 2.92. The van der Waals surface area contributed by atoms with E-state index in [1.807, 2.05) is 35.2 Å². The lowest BCUT2D eigenvalue weighted by Crippen LogP contribution is -2.48. The molecule has 1 aromatic carbocycles. The number of rotatable bonds is 4. The fourth-order valence-electron chi connectivity index (χ4n) is 3.73. The third-order valence-electron chi connectivity index (χ3n) is 5.08. The molecule has 1 aliphatic carbocycles. The second-order valence-electron chi connectivity index (χ2n) is 7.23. The summed E-state index contributed by atoms with van der Waals surface area (Å²) in [7, 11) is 0. The summed E-state index contributed by atoms with van der Waals surface area (Å²) in [6, 6.07) is 15.1. The number of aromatic nitrogens is 1. The van der Waals surface area contributed by atoms with Crippen molar-refractivity contribution in [1.29, 1.82) is 0 Å². The van der Waals surface area contributed by atoms with Crippen LogP contribution in [0.2, 0.25) is 0 Å². The number of nitrogens with zero attached hydrogens (tertiary/aromatic N) is 2. The monoisotopic (exact) mass is 324 g/mol. The zero-order valence-corrected chi connectivity index (χ0v) is 14.3.